The van der Waals surface area contributed by atoms with E-state index in [9.17, 15) is 5.11 Å². The average molecular weight is 484 g/mol. The van der Waals surface area contributed by atoms with Gasteiger partial charge in [0.1, 0.15) is 17.1 Å². The van der Waals surface area contributed by atoms with Crippen molar-refractivity contribution in [1.29, 1.82) is 0 Å². The largest absolute Gasteiger partial charge is 0.507 e. The number of hydrogen-bond donors (Lipinski definition) is 1. The molecule has 0 amide bonds. The number of aromatic hydroxyl groups is 1. The number of phenols is 1. The standard InChI is InChI=1S/C33H41NO2/c1-5-6-9-23(2)28-19-30(35)32-29(21-33(3,4)36-31(32)20-28)26-14-16-34(17-15-26)22-24-12-13-25-10-7-8-11-27(25)18-24/h7-8,10-14,18-20,23,29,35H,5-6,9,15-17,21-22H2,1-4H3. The summed E-state index contributed by atoms with van der Waals surface area (Å²) in [6.45, 7) is 11.8. The van der Waals surface area contributed by atoms with Crippen LogP contribution in [0.4, 0.5) is 0 Å². The fraction of sp³-hybridized carbons (Fsp3) is 0.455. The molecule has 3 aromatic rings. The number of fused-ring (bicyclic) bond motifs is 2. The second kappa shape index (κ2) is 10.3. The van der Waals surface area contributed by atoms with Crippen LogP contribution in [0, 0.1) is 0 Å². The maximum atomic E-state index is 11.2. The van der Waals surface area contributed by atoms with Crippen LogP contribution >= 0.6 is 0 Å². The molecule has 3 heteroatoms. The van der Waals surface area contributed by atoms with E-state index in [1.165, 1.54) is 40.3 Å². The second-order valence-corrected chi connectivity index (χ2v) is 11.6. The molecule has 5 rings (SSSR count). The van der Waals surface area contributed by atoms with Gasteiger partial charge in [-0.05, 0) is 79.1 Å². The quantitative estimate of drug-likeness (QED) is 0.343. The van der Waals surface area contributed by atoms with Gasteiger partial charge in [0.2, 0.25) is 0 Å². The number of hydrogen-bond acceptors (Lipinski definition) is 3. The van der Waals surface area contributed by atoms with Gasteiger partial charge in [-0.15, -0.1) is 0 Å². The van der Waals surface area contributed by atoms with Crippen molar-refractivity contribution in [2.75, 3.05) is 13.1 Å². The lowest BCUT2D eigenvalue weighted by Crippen LogP contribution is -2.37. The molecule has 0 bridgehead atoms. The van der Waals surface area contributed by atoms with E-state index in [-0.39, 0.29) is 11.5 Å². The molecule has 190 valence electrons. The fourth-order valence-corrected chi connectivity index (χ4v) is 6.06. The van der Waals surface area contributed by atoms with Crippen molar-refractivity contribution in [3.05, 3.63) is 82.9 Å². The topological polar surface area (TPSA) is 32.7 Å². The number of nitrogens with zero attached hydrogens (tertiary/aromatic N) is 1. The zero-order valence-corrected chi connectivity index (χ0v) is 22.4. The predicted molar refractivity (Wildman–Crippen MR) is 150 cm³/mol. The summed E-state index contributed by atoms with van der Waals surface area (Å²) in [5.41, 5.74) is 4.75. The van der Waals surface area contributed by atoms with Gasteiger partial charge in [-0.25, -0.2) is 0 Å². The van der Waals surface area contributed by atoms with Crippen LogP contribution in [0.3, 0.4) is 0 Å². The maximum Gasteiger partial charge on any atom is 0.127 e. The third kappa shape index (κ3) is 5.32. The minimum atomic E-state index is -0.252. The van der Waals surface area contributed by atoms with E-state index in [1.54, 1.807) is 0 Å². The Balaban J connectivity index is 1.35. The van der Waals surface area contributed by atoms with Crippen molar-refractivity contribution in [1.82, 2.24) is 4.90 Å². The van der Waals surface area contributed by atoms with Crippen LogP contribution in [-0.4, -0.2) is 28.7 Å². The summed E-state index contributed by atoms with van der Waals surface area (Å²) in [5, 5.41) is 13.8. The summed E-state index contributed by atoms with van der Waals surface area (Å²) >= 11 is 0. The first-order chi connectivity index (χ1) is 17.3. The number of benzene rings is 3. The second-order valence-electron chi connectivity index (χ2n) is 11.6. The number of phenolic OH excluding ortho intramolecular Hbond substituents is 1. The van der Waals surface area contributed by atoms with Crippen LogP contribution in [0.2, 0.25) is 0 Å². The Morgan fingerprint density at radius 2 is 1.89 bits per heavy atom. The molecule has 1 N–H and O–H groups in total. The predicted octanol–water partition coefficient (Wildman–Crippen LogP) is 8.32. The third-order valence-electron chi connectivity index (χ3n) is 8.13. The van der Waals surface area contributed by atoms with Crippen molar-refractivity contribution in [2.24, 2.45) is 0 Å². The van der Waals surface area contributed by atoms with Crippen molar-refractivity contribution in [2.45, 2.75) is 83.8 Å². The van der Waals surface area contributed by atoms with Gasteiger partial charge in [0.05, 0.1) is 0 Å². The van der Waals surface area contributed by atoms with Crippen molar-refractivity contribution in [3.63, 3.8) is 0 Å². The van der Waals surface area contributed by atoms with Crippen molar-refractivity contribution >= 4 is 10.8 Å². The molecular formula is C33H41NO2. The monoisotopic (exact) mass is 483 g/mol. The first-order valence-corrected chi connectivity index (χ1v) is 13.8. The van der Waals surface area contributed by atoms with E-state index < -0.39 is 0 Å². The van der Waals surface area contributed by atoms with E-state index >= 15 is 0 Å². The normalized spacial score (nSPS) is 20.4. The molecule has 3 aromatic carbocycles. The minimum absolute atomic E-state index is 0.214. The fourth-order valence-electron chi connectivity index (χ4n) is 6.06. The highest BCUT2D eigenvalue weighted by Gasteiger charge is 2.38. The molecule has 36 heavy (non-hydrogen) atoms. The molecule has 0 fully saturated rings. The van der Waals surface area contributed by atoms with Gasteiger partial charge < -0.3 is 9.84 Å². The van der Waals surface area contributed by atoms with Gasteiger partial charge in [0.15, 0.2) is 0 Å². The van der Waals surface area contributed by atoms with Crippen LogP contribution in [0.15, 0.2) is 66.2 Å². The Morgan fingerprint density at radius 1 is 1.08 bits per heavy atom. The molecule has 2 atom stereocenters. The Labute approximate surface area is 216 Å². The molecule has 2 unspecified atom stereocenters. The SMILES string of the molecule is CCCCC(C)c1cc(O)c2c(c1)OC(C)(C)CC2C1=CCN(Cc2ccc3ccccc3c2)CC1. The van der Waals surface area contributed by atoms with Gasteiger partial charge in [-0.1, -0.05) is 74.7 Å². The lowest BCUT2D eigenvalue weighted by atomic mass is 9.76. The Bertz CT molecular complexity index is 1260. The lowest BCUT2D eigenvalue weighted by Gasteiger charge is -2.41. The molecule has 3 nitrogen and oxygen atoms in total. The highest BCUT2D eigenvalue weighted by atomic mass is 16.5. The van der Waals surface area contributed by atoms with Crippen LogP contribution in [0.25, 0.3) is 10.8 Å². The van der Waals surface area contributed by atoms with Gasteiger partial charge in [0.25, 0.3) is 0 Å². The first-order valence-electron chi connectivity index (χ1n) is 13.8. The molecule has 2 aliphatic rings. The summed E-state index contributed by atoms with van der Waals surface area (Å²) < 4.78 is 6.45. The maximum absolute atomic E-state index is 11.2. The van der Waals surface area contributed by atoms with E-state index in [1.807, 2.05) is 6.07 Å². The molecule has 0 radical (unpaired) electrons. The minimum Gasteiger partial charge on any atom is -0.507 e. The third-order valence-corrected chi connectivity index (χ3v) is 8.13. The van der Waals surface area contributed by atoms with Gasteiger partial charge >= 0.3 is 0 Å². The lowest BCUT2D eigenvalue weighted by molar-refractivity contribution is 0.0745. The molecule has 0 saturated carbocycles. The van der Waals surface area contributed by atoms with Gasteiger partial charge in [-0.3, -0.25) is 4.90 Å². The highest BCUT2D eigenvalue weighted by molar-refractivity contribution is 5.82. The highest BCUT2D eigenvalue weighted by Crippen LogP contribution is 2.50. The molecule has 0 spiro atoms. The molecule has 2 heterocycles. The summed E-state index contributed by atoms with van der Waals surface area (Å²) in [6.07, 6.45) is 7.88. The van der Waals surface area contributed by atoms with Crippen LogP contribution in [0.5, 0.6) is 11.5 Å². The Hall–Kier alpha value is -2.78. The van der Waals surface area contributed by atoms with Crippen LogP contribution < -0.4 is 4.74 Å². The molecule has 0 aromatic heterocycles. The average Bonchev–Trinajstić information content (AvgIpc) is 2.86. The summed E-state index contributed by atoms with van der Waals surface area (Å²) in [4.78, 5) is 2.53. The zero-order chi connectivity index (χ0) is 25.3. The number of rotatable bonds is 7. The summed E-state index contributed by atoms with van der Waals surface area (Å²) in [7, 11) is 0. The Morgan fingerprint density at radius 3 is 2.64 bits per heavy atom. The van der Waals surface area contributed by atoms with Gasteiger partial charge in [0, 0.05) is 31.1 Å². The number of unbranched alkanes of at least 4 members (excludes halogenated alkanes) is 1. The Kier molecular flexibility index (Phi) is 7.12. The molecule has 0 saturated heterocycles. The summed E-state index contributed by atoms with van der Waals surface area (Å²) in [6, 6.07) is 19.6. The zero-order valence-electron chi connectivity index (χ0n) is 22.4. The summed E-state index contributed by atoms with van der Waals surface area (Å²) in [5.74, 6) is 1.93. The van der Waals surface area contributed by atoms with E-state index in [0.29, 0.717) is 11.7 Å². The molecule has 2 aliphatic heterocycles. The smallest absolute Gasteiger partial charge is 0.127 e. The van der Waals surface area contributed by atoms with Crippen molar-refractivity contribution < 1.29 is 9.84 Å². The van der Waals surface area contributed by atoms with Crippen molar-refractivity contribution in [3.8, 4) is 11.5 Å². The molecule has 0 aliphatic carbocycles. The van der Waals surface area contributed by atoms with Crippen LogP contribution in [0.1, 0.15) is 88.3 Å². The van der Waals surface area contributed by atoms with Gasteiger partial charge in [-0.2, -0.15) is 0 Å². The number of ether oxygens (including phenoxy) is 1. The first kappa shape index (κ1) is 24.9. The molecular weight excluding hydrogens is 442 g/mol. The van der Waals surface area contributed by atoms with E-state index in [4.69, 9.17) is 4.74 Å². The van der Waals surface area contributed by atoms with Crippen LogP contribution in [-0.2, 0) is 6.54 Å². The van der Waals surface area contributed by atoms with E-state index in [0.717, 1.165) is 50.2 Å². The van der Waals surface area contributed by atoms with E-state index in [2.05, 4.69) is 87.2 Å².